The monoisotopic (exact) mass is 531 g/mol. The summed E-state index contributed by atoms with van der Waals surface area (Å²) < 4.78 is 16.3. The number of benzene rings is 1. The Morgan fingerprint density at radius 2 is 2.11 bits per heavy atom. The van der Waals surface area contributed by atoms with Crippen molar-refractivity contribution in [2.75, 3.05) is 18.6 Å². The lowest BCUT2D eigenvalue weighted by atomic mass is 9.96. The Hall–Kier alpha value is -4.77. The highest BCUT2D eigenvalue weighted by Crippen LogP contribution is 2.44. The van der Waals surface area contributed by atoms with Gasteiger partial charge in [0.1, 0.15) is 11.5 Å². The molecule has 1 atom stereocenters. The summed E-state index contributed by atoms with van der Waals surface area (Å²) in [6.07, 6.45) is 4.46. The van der Waals surface area contributed by atoms with Crippen LogP contribution in [-0.2, 0) is 9.53 Å². The van der Waals surface area contributed by atoms with Crippen LogP contribution in [0.1, 0.15) is 37.5 Å². The zero-order chi connectivity index (χ0) is 27.0. The number of fused-ring (bicyclic) bond motifs is 1. The molecular weight excluding hydrogens is 510 g/mol. The van der Waals surface area contributed by atoms with Gasteiger partial charge in [0.2, 0.25) is 5.78 Å². The number of pyridine rings is 1. The van der Waals surface area contributed by atoms with E-state index in [1.54, 1.807) is 43.5 Å². The van der Waals surface area contributed by atoms with E-state index in [0.29, 0.717) is 28.0 Å². The maximum atomic E-state index is 13.8. The van der Waals surface area contributed by atoms with Crippen molar-refractivity contribution in [2.24, 2.45) is 0 Å². The Morgan fingerprint density at radius 1 is 1.29 bits per heavy atom. The van der Waals surface area contributed by atoms with Crippen molar-refractivity contribution < 1.29 is 33.4 Å². The third-order valence-electron chi connectivity index (χ3n) is 5.91. The fourth-order valence-electron chi connectivity index (χ4n) is 4.20. The number of aryl methyl sites for hydroxylation is 1. The number of hydrogen-bond acceptors (Lipinski definition) is 10. The molecule has 11 heteroatoms. The van der Waals surface area contributed by atoms with Crippen LogP contribution in [0.25, 0.3) is 11.0 Å². The molecule has 1 N–H and O–H groups in total. The smallest absolute Gasteiger partial charge is 0.350 e. The summed E-state index contributed by atoms with van der Waals surface area (Å²) in [5, 5.41) is 11.7. The minimum atomic E-state index is -1.08. The molecule has 4 aromatic rings. The summed E-state index contributed by atoms with van der Waals surface area (Å²) in [7, 11) is 1.48. The molecule has 38 heavy (non-hydrogen) atoms. The van der Waals surface area contributed by atoms with Crippen LogP contribution in [0.4, 0.5) is 5.13 Å². The highest BCUT2D eigenvalue weighted by Gasteiger charge is 2.47. The molecule has 0 aliphatic carbocycles. The van der Waals surface area contributed by atoms with Gasteiger partial charge in [0.05, 0.1) is 24.4 Å². The first-order valence-corrected chi connectivity index (χ1v) is 12.2. The number of aliphatic hydroxyl groups is 1. The van der Waals surface area contributed by atoms with Crippen molar-refractivity contribution in [3.05, 3.63) is 94.7 Å². The number of methoxy groups -OCH3 is 1. The highest BCUT2D eigenvalue weighted by atomic mass is 32.1. The molecule has 0 saturated carbocycles. The Morgan fingerprint density at radius 3 is 2.82 bits per heavy atom. The standard InChI is InChI=1S/C27H21N3O7S/c1-4-11-36-26(34)24-14(2)29-27(38-24)30-20(16-8-6-10-28-13-16)19(22(32)25(30)33)21(31)18-12-15-7-5-9-17(35-3)23(15)37-18/h4-10,12-13,20,32H,1,11H2,2-3H3. The van der Waals surface area contributed by atoms with E-state index in [0.717, 1.165) is 11.3 Å². The summed E-state index contributed by atoms with van der Waals surface area (Å²) in [5.74, 6) is -2.57. The number of nitrogens with zero attached hydrogens (tertiary/aromatic N) is 3. The molecule has 0 saturated heterocycles. The van der Waals surface area contributed by atoms with Gasteiger partial charge in [-0.25, -0.2) is 9.78 Å². The van der Waals surface area contributed by atoms with Crippen LogP contribution in [0.15, 0.2) is 77.2 Å². The van der Waals surface area contributed by atoms with Crippen LogP contribution in [0.3, 0.4) is 0 Å². The second kappa shape index (κ2) is 9.94. The average Bonchev–Trinajstić information content (AvgIpc) is 3.61. The molecule has 0 radical (unpaired) electrons. The number of Topliss-reactive ketones (excluding diaryl/α,β-unsaturated/α-hetero) is 1. The van der Waals surface area contributed by atoms with E-state index >= 15 is 0 Å². The number of aliphatic hydroxyl groups excluding tert-OH is 1. The molecule has 10 nitrogen and oxygen atoms in total. The van der Waals surface area contributed by atoms with Gasteiger partial charge in [-0.2, -0.15) is 0 Å². The van der Waals surface area contributed by atoms with Gasteiger partial charge < -0.3 is 19.0 Å². The molecule has 192 valence electrons. The Labute approximate surface area is 220 Å². The van der Waals surface area contributed by atoms with Gasteiger partial charge in [-0.15, -0.1) is 0 Å². The lowest BCUT2D eigenvalue weighted by Gasteiger charge is -2.23. The van der Waals surface area contributed by atoms with E-state index in [4.69, 9.17) is 13.9 Å². The normalized spacial score (nSPS) is 15.3. The van der Waals surface area contributed by atoms with Crippen LogP contribution in [0.2, 0.25) is 0 Å². The Balaban J connectivity index is 1.61. The van der Waals surface area contributed by atoms with Crippen LogP contribution in [-0.4, -0.2) is 46.5 Å². The topological polar surface area (TPSA) is 132 Å². The van der Waals surface area contributed by atoms with Crippen LogP contribution >= 0.6 is 11.3 Å². The van der Waals surface area contributed by atoms with Crippen molar-refractivity contribution in [3.63, 3.8) is 0 Å². The van der Waals surface area contributed by atoms with Crippen molar-refractivity contribution in [1.82, 2.24) is 9.97 Å². The first-order chi connectivity index (χ1) is 18.3. The number of amides is 1. The van der Waals surface area contributed by atoms with Gasteiger partial charge in [0.15, 0.2) is 28.0 Å². The highest BCUT2D eigenvalue weighted by molar-refractivity contribution is 7.17. The fourth-order valence-corrected chi connectivity index (χ4v) is 5.19. The van der Waals surface area contributed by atoms with E-state index in [-0.39, 0.29) is 27.9 Å². The summed E-state index contributed by atoms with van der Waals surface area (Å²) in [4.78, 5) is 49.5. The van der Waals surface area contributed by atoms with Crippen molar-refractivity contribution in [3.8, 4) is 5.75 Å². The molecule has 5 rings (SSSR count). The van der Waals surface area contributed by atoms with Gasteiger partial charge in [-0.05, 0) is 30.7 Å². The number of anilines is 1. The number of ether oxygens (including phenoxy) is 2. The van der Waals surface area contributed by atoms with Crippen molar-refractivity contribution in [2.45, 2.75) is 13.0 Å². The first kappa shape index (κ1) is 24.9. The quantitative estimate of drug-likeness (QED) is 0.195. The van der Waals surface area contributed by atoms with Gasteiger partial charge in [0, 0.05) is 17.8 Å². The number of thiazole rings is 1. The maximum absolute atomic E-state index is 13.8. The largest absolute Gasteiger partial charge is 0.503 e. The van der Waals surface area contributed by atoms with E-state index in [9.17, 15) is 19.5 Å². The molecule has 1 amide bonds. The predicted molar refractivity (Wildman–Crippen MR) is 139 cm³/mol. The summed E-state index contributed by atoms with van der Waals surface area (Å²) in [6, 6.07) is 8.96. The molecule has 0 bridgehead atoms. The minimum Gasteiger partial charge on any atom is -0.503 e. The fraction of sp³-hybridized carbons (Fsp3) is 0.148. The number of esters is 1. The molecule has 0 fully saturated rings. The lowest BCUT2D eigenvalue weighted by Crippen LogP contribution is -2.31. The molecule has 3 aromatic heterocycles. The zero-order valence-electron chi connectivity index (χ0n) is 20.3. The summed E-state index contributed by atoms with van der Waals surface area (Å²) in [6.45, 7) is 5.14. The number of carbonyl (C=O) groups excluding carboxylic acids is 3. The van der Waals surface area contributed by atoms with Crippen LogP contribution in [0, 0.1) is 6.92 Å². The lowest BCUT2D eigenvalue weighted by molar-refractivity contribution is -0.117. The Bertz CT molecular complexity index is 1620. The second-order valence-corrected chi connectivity index (χ2v) is 9.22. The first-order valence-electron chi connectivity index (χ1n) is 11.4. The van der Waals surface area contributed by atoms with Gasteiger partial charge >= 0.3 is 5.97 Å². The predicted octanol–water partition coefficient (Wildman–Crippen LogP) is 4.73. The number of hydrogen-bond donors (Lipinski definition) is 1. The number of ketones is 1. The summed E-state index contributed by atoms with van der Waals surface area (Å²) >= 11 is 0.914. The van der Waals surface area contributed by atoms with Crippen molar-refractivity contribution >= 4 is 45.1 Å². The number of aromatic nitrogens is 2. The molecular formula is C27H21N3O7S. The second-order valence-electron chi connectivity index (χ2n) is 8.24. The van der Waals surface area contributed by atoms with Crippen molar-refractivity contribution in [1.29, 1.82) is 0 Å². The Kier molecular flexibility index (Phi) is 6.52. The van der Waals surface area contributed by atoms with Gasteiger partial charge in [0.25, 0.3) is 5.91 Å². The van der Waals surface area contributed by atoms with Gasteiger partial charge in [-0.1, -0.05) is 42.2 Å². The van der Waals surface area contributed by atoms with Gasteiger partial charge in [-0.3, -0.25) is 19.5 Å². The third kappa shape index (κ3) is 4.12. The number of para-hydroxylation sites is 1. The maximum Gasteiger partial charge on any atom is 0.350 e. The van der Waals surface area contributed by atoms with E-state index in [1.165, 1.54) is 30.3 Å². The number of furan rings is 1. The van der Waals surface area contributed by atoms with E-state index in [2.05, 4.69) is 16.5 Å². The average molecular weight is 532 g/mol. The minimum absolute atomic E-state index is 0.00966. The number of rotatable bonds is 8. The van der Waals surface area contributed by atoms with Crippen LogP contribution in [0.5, 0.6) is 5.75 Å². The summed E-state index contributed by atoms with van der Waals surface area (Å²) in [5.41, 5.74) is 0.937. The van der Waals surface area contributed by atoms with E-state index < -0.39 is 29.5 Å². The number of carbonyl (C=O) groups is 3. The SMILES string of the molecule is C=CCOC(=O)c1sc(N2C(=O)C(O)=C(C(=O)c3cc4cccc(OC)c4o3)C2c2cccnc2)nc1C. The molecule has 4 heterocycles. The molecule has 1 aliphatic heterocycles. The van der Waals surface area contributed by atoms with E-state index in [1.807, 2.05) is 0 Å². The molecule has 1 unspecified atom stereocenters. The van der Waals surface area contributed by atoms with Crippen LogP contribution < -0.4 is 9.64 Å². The molecule has 1 aromatic carbocycles. The zero-order valence-corrected chi connectivity index (χ0v) is 21.2. The third-order valence-corrected chi connectivity index (χ3v) is 7.05. The molecule has 0 spiro atoms. The molecule has 1 aliphatic rings.